The van der Waals surface area contributed by atoms with Crippen LogP contribution in [0.25, 0.3) is 0 Å². The van der Waals surface area contributed by atoms with Gasteiger partial charge in [-0.1, -0.05) is 11.6 Å². The molecule has 5 heteroatoms. The van der Waals surface area contributed by atoms with Gasteiger partial charge in [0.1, 0.15) is 0 Å². The molecule has 3 rings (SSSR count). The van der Waals surface area contributed by atoms with E-state index >= 15 is 0 Å². The minimum atomic E-state index is -0.291. The third-order valence-electron chi connectivity index (χ3n) is 4.46. The quantitative estimate of drug-likeness (QED) is 0.784. The molecule has 1 aliphatic heterocycles. The van der Waals surface area contributed by atoms with Crippen molar-refractivity contribution in [3.63, 3.8) is 0 Å². The highest BCUT2D eigenvalue weighted by molar-refractivity contribution is 6.21. The number of amides is 3. The molecule has 0 saturated heterocycles. The molecule has 1 aromatic carbocycles. The number of hydrogen-bond acceptors (Lipinski definition) is 3. The van der Waals surface area contributed by atoms with Gasteiger partial charge in [0.25, 0.3) is 11.8 Å². The first kappa shape index (κ1) is 15.7. The third kappa shape index (κ3) is 2.87. The maximum Gasteiger partial charge on any atom is 0.261 e. The van der Waals surface area contributed by atoms with E-state index in [2.05, 4.69) is 0 Å². The fourth-order valence-corrected chi connectivity index (χ4v) is 3.21. The maximum absolute atomic E-state index is 12.4. The van der Waals surface area contributed by atoms with Gasteiger partial charge in [-0.2, -0.15) is 0 Å². The van der Waals surface area contributed by atoms with E-state index in [0.717, 1.165) is 18.4 Å². The summed E-state index contributed by atoms with van der Waals surface area (Å²) in [5.41, 5.74) is 1.84. The van der Waals surface area contributed by atoms with Crippen LogP contribution in [0.1, 0.15) is 59.4 Å². The first-order valence-electron chi connectivity index (χ1n) is 8.18. The summed E-state index contributed by atoms with van der Waals surface area (Å²) in [6.07, 6.45) is 2.30. The average molecular weight is 314 g/mol. The third-order valence-corrected chi connectivity index (χ3v) is 4.46. The van der Waals surface area contributed by atoms with Crippen molar-refractivity contribution in [1.29, 1.82) is 0 Å². The lowest BCUT2D eigenvalue weighted by Gasteiger charge is -2.27. The van der Waals surface area contributed by atoms with Gasteiger partial charge in [0.2, 0.25) is 5.91 Å². The molecule has 5 nitrogen and oxygen atoms in total. The van der Waals surface area contributed by atoms with Gasteiger partial charge < -0.3 is 4.90 Å². The normalized spacial score (nSPS) is 17.0. The molecule has 0 spiro atoms. The number of fused-ring (bicyclic) bond motifs is 1. The molecule has 0 atom stereocenters. The van der Waals surface area contributed by atoms with Gasteiger partial charge in [0.15, 0.2) is 0 Å². The van der Waals surface area contributed by atoms with Gasteiger partial charge in [-0.15, -0.1) is 0 Å². The second kappa shape index (κ2) is 5.80. The van der Waals surface area contributed by atoms with E-state index in [4.69, 9.17) is 0 Å². The lowest BCUT2D eigenvalue weighted by Crippen LogP contribution is -2.41. The molecule has 2 aliphatic rings. The highest BCUT2D eigenvalue weighted by atomic mass is 16.2. The van der Waals surface area contributed by atoms with Crippen LogP contribution in [0.15, 0.2) is 18.2 Å². The molecule has 1 heterocycles. The topological polar surface area (TPSA) is 57.7 Å². The number of benzene rings is 1. The zero-order chi connectivity index (χ0) is 16.7. The highest BCUT2D eigenvalue weighted by Crippen LogP contribution is 2.29. The van der Waals surface area contributed by atoms with Crippen LogP contribution in [0.2, 0.25) is 0 Å². The summed E-state index contributed by atoms with van der Waals surface area (Å²) in [4.78, 5) is 40.3. The lowest BCUT2D eigenvalue weighted by molar-refractivity contribution is -0.133. The molecule has 0 aromatic heterocycles. The molecule has 3 amide bonds. The summed E-state index contributed by atoms with van der Waals surface area (Å²) in [7, 11) is 0. The Balaban J connectivity index is 1.68. The van der Waals surface area contributed by atoms with E-state index in [0.29, 0.717) is 17.2 Å². The van der Waals surface area contributed by atoms with E-state index in [1.165, 1.54) is 4.90 Å². The second-order valence-corrected chi connectivity index (χ2v) is 6.69. The van der Waals surface area contributed by atoms with Crippen LogP contribution < -0.4 is 0 Å². The van der Waals surface area contributed by atoms with Gasteiger partial charge >= 0.3 is 0 Å². The molecule has 0 radical (unpaired) electrons. The summed E-state index contributed by atoms with van der Waals surface area (Å²) in [5.74, 6) is -0.556. The van der Waals surface area contributed by atoms with E-state index in [1.54, 1.807) is 12.1 Å². The fraction of sp³-hybridized carbons (Fsp3) is 0.500. The van der Waals surface area contributed by atoms with Crippen molar-refractivity contribution in [2.75, 3.05) is 6.54 Å². The highest BCUT2D eigenvalue weighted by Gasteiger charge is 2.37. The van der Waals surface area contributed by atoms with Gasteiger partial charge in [0, 0.05) is 25.0 Å². The summed E-state index contributed by atoms with van der Waals surface area (Å²) in [6, 6.07) is 5.75. The molecule has 0 bridgehead atoms. The number of imide groups is 1. The number of rotatable bonds is 5. The van der Waals surface area contributed by atoms with Crippen LogP contribution in [0.4, 0.5) is 0 Å². The van der Waals surface area contributed by atoms with Crippen LogP contribution in [0.3, 0.4) is 0 Å². The molecule has 1 aromatic rings. The molecule has 0 N–H and O–H groups in total. The number of aryl methyl sites for hydroxylation is 1. The molecule has 122 valence electrons. The van der Waals surface area contributed by atoms with Gasteiger partial charge in [0.05, 0.1) is 11.1 Å². The van der Waals surface area contributed by atoms with Crippen molar-refractivity contribution in [3.05, 3.63) is 34.9 Å². The van der Waals surface area contributed by atoms with E-state index in [9.17, 15) is 14.4 Å². The standard InChI is InChI=1S/C18H22N2O3/c1-11(2)20(13-5-6-13)16(21)8-9-19-17(22)14-7-4-12(3)10-15(14)18(19)23/h4,7,10-11,13H,5-6,8-9H2,1-3H3. The molecule has 1 aliphatic carbocycles. The second-order valence-electron chi connectivity index (χ2n) is 6.69. The number of carbonyl (C=O) groups excluding carboxylic acids is 3. The van der Waals surface area contributed by atoms with E-state index in [-0.39, 0.29) is 36.7 Å². The van der Waals surface area contributed by atoms with Crippen molar-refractivity contribution in [2.24, 2.45) is 0 Å². The van der Waals surface area contributed by atoms with Crippen LogP contribution in [0, 0.1) is 6.92 Å². The smallest absolute Gasteiger partial charge is 0.261 e. The van der Waals surface area contributed by atoms with E-state index in [1.807, 2.05) is 31.7 Å². The summed E-state index contributed by atoms with van der Waals surface area (Å²) in [5, 5.41) is 0. The molecule has 1 fully saturated rings. The predicted octanol–water partition coefficient (Wildman–Crippen LogP) is 2.38. The summed E-state index contributed by atoms with van der Waals surface area (Å²) in [6.45, 7) is 6.04. The summed E-state index contributed by atoms with van der Waals surface area (Å²) < 4.78 is 0. The zero-order valence-electron chi connectivity index (χ0n) is 13.8. The molecular formula is C18H22N2O3. The van der Waals surface area contributed by atoms with Gasteiger partial charge in [-0.3, -0.25) is 19.3 Å². The SMILES string of the molecule is Cc1ccc2c(c1)C(=O)N(CCC(=O)N(C(C)C)C1CC1)C2=O. The first-order chi connectivity index (χ1) is 10.9. The lowest BCUT2D eigenvalue weighted by atomic mass is 10.1. The first-order valence-corrected chi connectivity index (χ1v) is 8.18. The van der Waals surface area contributed by atoms with Crippen LogP contribution in [-0.4, -0.2) is 46.1 Å². The Labute approximate surface area is 136 Å². The van der Waals surface area contributed by atoms with Gasteiger partial charge in [-0.05, 0) is 45.7 Å². The fourth-order valence-electron chi connectivity index (χ4n) is 3.21. The van der Waals surface area contributed by atoms with Gasteiger partial charge in [-0.25, -0.2) is 0 Å². The minimum Gasteiger partial charge on any atom is -0.337 e. The van der Waals surface area contributed by atoms with E-state index < -0.39 is 0 Å². The molecular weight excluding hydrogens is 292 g/mol. The van der Waals surface area contributed by atoms with Crippen molar-refractivity contribution < 1.29 is 14.4 Å². The minimum absolute atomic E-state index is 0.0234. The van der Waals surface area contributed by atoms with Crippen LogP contribution in [0.5, 0.6) is 0 Å². The van der Waals surface area contributed by atoms with Crippen molar-refractivity contribution in [1.82, 2.24) is 9.80 Å². The Kier molecular flexibility index (Phi) is 3.96. The maximum atomic E-state index is 12.4. The van der Waals surface area contributed by atoms with Crippen molar-refractivity contribution >= 4 is 17.7 Å². The van der Waals surface area contributed by atoms with Crippen LogP contribution >= 0.6 is 0 Å². The number of hydrogen-bond donors (Lipinski definition) is 0. The summed E-state index contributed by atoms with van der Waals surface area (Å²) >= 11 is 0. The Morgan fingerprint density at radius 1 is 1.22 bits per heavy atom. The van der Waals surface area contributed by atoms with Crippen molar-refractivity contribution in [3.8, 4) is 0 Å². The Bertz CT molecular complexity index is 675. The Morgan fingerprint density at radius 3 is 2.48 bits per heavy atom. The molecule has 1 saturated carbocycles. The monoisotopic (exact) mass is 314 g/mol. The molecule has 0 unspecified atom stereocenters. The number of nitrogens with zero attached hydrogens (tertiary/aromatic N) is 2. The van der Waals surface area contributed by atoms with Crippen molar-refractivity contribution in [2.45, 2.75) is 52.1 Å². The van der Waals surface area contributed by atoms with Crippen LogP contribution in [-0.2, 0) is 4.79 Å². The largest absolute Gasteiger partial charge is 0.337 e. The zero-order valence-corrected chi connectivity index (χ0v) is 13.8. The average Bonchev–Trinajstić information content (AvgIpc) is 3.27. The molecule has 23 heavy (non-hydrogen) atoms. The predicted molar refractivity (Wildman–Crippen MR) is 86.2 cm³/mol. The Morgan fingerprint density at radius 2 is 1.87 bits per heavy atom. The number of carbonyl (C=O) groups is 3. The Hall–Kier alpha value is -2.17.